The molecule has 67 heavy (non-hydrogen) atoms. The Labute approximate surface area is 452 Å². The van der Waals surface area contributed by atoms with Crippen LogP contribution in [0, 0.1) is 0 Å². The molecule has 0 fully saturated rings. The van der Waals surface area contributed by atoms with E-state index in [9.17, 15) is 48.5 Å². The molecule has 6 rings (SSSR count). The van der Waals surface area contributed by atoms with Gasteiger partial charge in [-0.25, -0.2) is 25.3 Å². The minimum absolute atomic E-state index is 0. The smallest absolute Gasteiger partial charge is 0.744 e. The molecule has 0 aromatic heterocycles. The van der Waals surface area contributed by atoms with Crippen molar-refractivity contribution in [2.75, 3.05) is 48.1 Å². The van der Waals surface area contributed by atoms with E-state index >= 15 is 0 Å². The van der Waals surface area contributed by atoms with Crippen LogP contribution in [0.4, 0.5) is 39.8 Å². The Morgan fingerprint density at radius 3 is 1.91 bits per heavy atom. The van der Waals surface area contributed by atoms with Gasteiger partial charge in [0.05, 0.1) is 54.4 Å². The van der Waals surface area contributed by atoms with E-state index in [0.717, 1.165) is 31.8 Å². The fourth-order valence-electron chi connectivity index (χ4n) is 6.26. The van der Waals surface area contributed by atoms with Crippen LogP contribution in [0.1, 0.15) is 29.8 Å². The number of carbonyl (C=O) groups excluding carboxylic acids is 2. The van der Waals surface area contributed by atoms with E-state index in [4.69, 9.17) is 5.73 Å². The van der Waals surface area contributed by atoms with Crippen molar-refractivity contribution in [2.24, 2.45) is 20.4 Å². The summed E-state index contributed by atoms with van der Waals surface area (Å²) in [4.78, 5) is 24.9. The first kappa shape index (κ1) is 57.4. The number of nitrogen functional groups attached to an aromatic ring is 1. The van der Waals surface area contributed by atoms with Crippen LogP contribution in [-0.2, 0) is 35.1 Å². The second-order valence-corrected chi connectivity index (χ2v) is 17.7. The number of ketones is 2. The van der Waals surface area contributed by atoms with E-state index in [0.29, 0.717) is 47.2 Å². The molecule has 4 aromatic carbocycles. The topological polar surface area (TPSA) is 333 Å². The number of allylic oxidation sites excluding steroid dienone is 4. The molecule has 2 aliphatic carbocycles. The maximum absolute atomic E-state index is 13.7. The molecule has 0 atom stereocenters. The van der Waals surface area contributed by atoms with Crippen LogP contribution in [0.2, 0.25) is 0 Å². The largest absolute Gasteiger partial charge is 1.00 e. The Kier molecular flexibility index (Phi) is 21.0. The van der Waals surface area contributed by atoms with Crippen molar-refractivity contribution in [2.45, 2.75) is 23.6 Å². The SMILES string of the molecule is CCN(CC)CCNC1=CC(=O)C=C/C1=N\Nc1ccc(Nc2ccc(N=Nc3c(S(=O)(=O)[O-])cc4c(c3N)C(=O)/C(=N\Nc3ccccc3)C(S(=O)(=O)[O-])=C4)cc2S(=O)(=O)[O-])cc1.[Na+].[Na+].[Na+]. The van der Waals surface area contributed by atoms with Gasteiger partial charge in [-0.1, -0.05) is 32.0 Å². The molecule has 0 amide bonds. The standard InChI is InChI=1S/C40H40N10O11S3.3Na/c1-3-50(4-2)19-18-42-32-23-29(51)15-17-30(32)47-44-27-12-10-25(11-13-27)43-31-16-14-28(22-33(31)62(53,54)55)46-48-38-34(63(56,57)58)20-24-21-35(64(59,60)61)39(40(52)36(24)37(38)41)49-45-26-8-6-5-7-9-26;;;/h5-17,20-23,42-45H,3-4,18-19,41H2,1-2H3,(H,53,54,55)(H,56,57,58)(H,59,60,61);;;/q;3*+1/p-3/b47-30+,48-46?,49-39-;;;. The molecule has 0 spiro atoms. The number of hydrogen-bond acceptors (Lipinski definition) is 21. The van der Waals surface area contributed by atoms with E-state index in [1.165, 1.54) is 30.4 Å². The van der Waals surface area contributed by atoms with Crippen LogP contribution in [0.5, 0.6) is 0 Å². The molecule has 0 radical (unpaired) electrons. The first-order valence-electron chi connectivity index (χ1n) is 18.9. The van der Waals surface area contributed by atoms with Crippen LogP contribution < -0.4 is 116 Å². The van der Waals surface area contributed by atoms with Gasteiger partial charge in [0, 0.05) is 24.9 Å². The Hall–Kier alpha value is -3.93. The van der Waals surface area contributed by atoms with Crippen LogP contribution in [0.15, 0.2) is 138 Å². The second kappa shape index (κ2) is 24.6. The summed E-state index contributed by atoms with van der Waals surface area (Å²) in [5, 5.41) is 21.8. The molecular weight excluding hydrogens is 962 g/mol. The number of benzene rings is 4. The molecule has 0 aliphatic heterocycles. The zero-order valence-electron chi connectivity index (χ0n) is 36.7. The number of rotatable bonds is 17. The van der Waals surface area contributed by atoms with Gasteiger partial charge >= 0.3 is 88.7 Å². The van der Waals surface area contributed by atoms with Gasteiger partial charge in [0.1, 0.15) is 47.5 Å². The van der Waals surface area contributed by atoms with Gasteiger partial charge in [-0.05, 0) is 97.5 Å². The van der Waals surface area contributed by atoms with Crippen molar-refractivity contribution in [3.63, 3.8) is 0 Å². The first-order valence-corrected chi connectivity index (χ1v) is 23.2. The van der Waals surface area contributed by atoms with E-state index in [2.05, 4.69) is 60.7 Å². The van der Waals surface area contributed by atoms with Gasteiger partial charge < -0.3 is 34.9 Å². The monoisotopic (exact) mass is 998 g/mol. The summed E-state index contributed by atoms with van der Waals surface area (Å²) in [7, 11) is -16.2. The fraction of sp³-hybridized carbons (Fsp3) is 0.150. The summed E-state index contributed by atoms with van der Waals surface area (Å²) < 4.78 is 111. The van der Waals surface area contributed by atoms with Crippen LogP contribution in [0.25, 0.3) is 6.08 Å². The number of hydrogen-bond donors (Lipinski definition) is 5. The number of nitrogens with two attached hydrogens (primary N) is 1. The van der Waals surface area contributed by atoms with Gasteiger partial charge in [0.2, 0.25) is 5.78 Å². The van der Waals surface area contributed by atoms with E-state index in [1.807, 2.05) is 0 Å². The van der Waals surface area contributed by atoms with Crippen molar-refractivity contribution in [1.29, 1.82) is 0 Å². The predicted octanol–water partition coefficient (Wildman–Crippen LogP) is -4.48. The fourth-order valence-corrected chi connectivity index (χ4v) is 8.22. The Balaban J connectivity index is 0.00000397. The number of fused-ring (bicyclic) bond motifs is 1. The van der Waals surface area contributed by atoms with Gasteiger partial charge in [0.25, 0.3) is 0 Å². The van der Waals surface area contributed by atoms with Gasteiger partial charge in [0.15, 0.2) is 5.78 Å². The quantitative estimate of drug-likeness (QED) is 0.0166. The molecule has 27 heteroatoms. The van der Waals surface area contributed by atoms with Gasteiger partial charge in [-0.3, -0.25) is 20.4 Å². The summed E-state index contributed by atoms with van der Waals surface area (Å²) in [6.07, 6.45) is 5.04. The third-order valence-corrected chi connectivity index (χ3v) is 12.1. The number of para-hydroxylation sites is 1. The molecule has 0 saturated heterocycles. The molecular formula is C40H37N10Na3O11S3. The van der Waals surface area contributed by atoms with E-state index in [-0.39, 0.29) is 106 Å². The molecule has 2 aliphatic rings. The predicted molar refractivity (Wildman–Crippen MR) is 236 cm³/mol. The molecule has 0 heterocycles. The summed E-state index contributed by atoms with van der Waals surface area (Å²) in [5.41, 5.74) is 9.49. The number of likely N-dealkylation sites (N-methyl/N-ethyl adjacent to an activating group) is 1. The number of Topliss-reactive ketones (excluding diaryl/α,β-unsaturated/α-hetero) is 1. The third kappa shape index (κ3) is 14.8. The molecule has 0 bridgehead atoms. The zero-order valence-corrected chi connectivity index (χ0v) is 45.1. The molecule has 6 N–H and O–H groups in total. The van der Waals surface area contributed by atoms with Crippen molar-refractivity contribution < 1.29 is 137 Å². The average molecular weight is 999 g/mol. The number of carbonyl (C=O) groups is 2. The van der Waals surface area contributed by atoms with Crippen molar-refractivity contribution >= 4 is 99.2 Å². The number of nitrogens with one attached hydrogen (secondary N) is 4. The summed E-state index contributed by atoms with van der Waals surface area (Å²) in [6, 6.07) is 18.0. The summed E-state index contributed by atoms with van der Waals surface area (Å²) in [6.45, 7) is 7.23. The second-order valence-electron chi connectivity index (χ2n) is 13.7. The number of hydrazone groups is 2. The van der Waals surface area contributed by atoms with Gasteiger partial charge in [-0.2, -0.15) is 15.3 Å². The Morgan fingerprint density at radius 2 is 1.30 bits per heavy atom. The van der Waals surface area contributed by atoms with Crippen LogP contribution in [-0.4, -0.2) is 93.0 Å². The van der Waals surface area contributed by atoms with Crippen LogP contribution >= 0.6 is 0 Å². The minimum Gasteiger partial charge on any atom is -0.744 e. The third-order valence-electron chi connectivity index (χ3n) is 9.48. The zero-order chi connectivity index (χ0) is 46.4. The summed E-state index contributed by atoms with van der Waals surface area (Å²) >= 11 is 0. The van der Waals surface area contributed by atoms with Crippen molar-refractivity contribution in [1.82, 2.24) is 10.2 Å². The van der Waals surface area contributed by atoms with Crippen molar-refractivity contribution in [3.05, 3.63) is 119 Å². The Bertz CT molecular complexity index is 3060. The van der Waals surface area contributed by atoms with E-state index < -0.39 is 79.0 Å². The molecule has 0 unspecified atom stereocenters. The Morgan fingerprint density at radius 1 is 0.687 bits per heavy atom. The number of anilines is 5. The molecule has 4 aromatic rings. The first-order chi connectivity index (χ1) is 30.3. The maximum atomic E-state index is 13.7. The number of nitrogens with zero attached hydrogens (tertiary/aromatic N) is 5. The molecule has 0 saturated carbocycles. The van der Waals surface area contributed by atoms with Gasteiger partial charge in [-0.15, -0.1) is 5.11 Å². The summed E-state index contributed by atoms with van der Waals surface area (Å²) in [5.74, 6) is -1.45. The molecule has 21 nitrogen and oxygen atoms in total. The normalized spacial score (nSPS) is 15.0. The molecule has 334 valence electrons. The van der Waals surface area contributed by atoms with E-state index in [1.54, 1.807) is 48.5 Å². The average Bonchev–Trinajstić information content (AvgIpc) is 3.24. The number of azo groups is 1. The van der Waals surface area contributed by atoms with Crippen molar-refractivity contribution in [3.8, 4) is 0 Å². The van der Waals surface area contributed by atoms with Crippen LogP contribution in [0.3, 0.4) is 0 Å². The maximum Gasteiger partial charge on any atom is 1.00 e. The minimum atomic E-state index is -5.51.